The number of nitrogens with two attached hydrogens (primary N) is 1. The predicted octanol–water partition coefficient (Wildman–Crippen LogP) is 2.12. The minimum absolute atomic E-state index is 0. The fourth-order valence-corrected chi connectivity index (χ4v) is 2.77. The molecule has 0 radical (unpaired) electrons. The molecule has 120 valence electrons. The van der Waals surface area contributed by atoms with Gasteiger partial charge in [0.2, 0.25) is 0 Å². The number of aliphatic hydroxyl groups is 1. The van der Waals surface area contributed by atoms with Crippen molar-refractivity contribution in [1.29, 1.82) is 0 Å². The van der Waals surface area contributed by atoms with Crippen LogP contribution >= 0.6 is 12.4 Å². The summed E-state index contributed by atoms with van der Waals surface area (Å²) in [5, 5.41) is 10.2. The Labute approximate surface area is 137 Å². The van der Waals surface area contributed by atoms with E-state index < -0.39 is 22.0 Å². The summed E-state index contributed by atoms with van der Waals surface area (Å²) in [6.45, 7) is 0. The van der Waals surface area contributed by atoms with Gasteiger partial charge in [-0.05, 0) is 23.3 Å². The van der Waals surface area contributed by atoms with Gasteiger partial charge in [0.15, 0.2) is 9.84 Å². The number of hydrogen-bond donors (Lipinski definition) is 2. The first-order valence-electron chi connectivity index (χ1n) is 6.65. The zero-order valence-corrected chi connectivity index (χ0v) is 13.8. The van der Waals surface area contributed by atoms with Gasteiger partial charge in [-0.15, -0.1) is 12.4 Å². The second-order valence-corrected chi connectivity index (χ2v) is 7.14. The molecular weight excluding hydrogens is 322 g/mol. The summed E-state index contributed by atoms with van der Waals surface area (Å²) in [6, 6.07) is 15.4. The van der Waals surface area contributed by atoms with Crippen molar-refractivity contribution in [1.82, 2.24) is 0 Å². The molecule has 0 unspecified atom stereocenters. The van der Waals surface area contributed by atoms with E-state index >= 15 is 0 Å². The van der Waals surface area contributed by atoms with Crippen LogP contribution in [0.4, 0.5) is 0 Å². The lowest BCUT2D eigenvalue weighted by atomic mass is 9.97. The third-order valence-electron chi connectivity index (χ3n) is 3.40. The number of sulfone groups is 1. The molecule has 6 heteroatoms. The normalized spacial score (nSPS) is 14.0. The molecule has 0 aliphatic heterocycles. The van der Waals surface area contributed by atoms with Gasteiger partial charge in [0.25, 0.3) is 0 Å². The second-order valence-electron chi connectivity index (χ2n) is 5.12. The second kappa shape index (κ2) is 7.74. The Kier molecular flexibility index (Phi) is 6.56. The van der Waals surface area contributed by atoms with E-state index in [1.165, 1.54) is 12.1 Å². The first kappa shape index (κ1) is 18.6. The van der Waals surface area contributed by atoms with Crippen molar-refractivity contribution in [3.05, 3.63) is 65.7 Å². The van der Waals surface area contributed by atoms with Gasteiger partial charge in [-0.3, -0.25) is 0 Å². The molecule has 0 saturated carbocycles. The smallest absolute Gasteiger partial charge is 0.175 e. The minimum atomic E-state index is -3.22. The van der Waals surface area contributed by atoms with E-state index in [9.17, 15) is 13.5 Å². The van der Waals surface area contributed by atoms with Crippen LogP contribution in [0, 0.1) is 0 Å². The number of halogens is 1. The minimum Gasteiger partial charge on any atom is -0.391 e. The van der Waals surface area contributed by atoms with Crippen molar-refractivity contribution in [2.45, 2.75) is 23.5 Å². The zero-order chi connectivity index (χ0) is 15.5. The SMILES string of the molecule is CS(=O)(=O)c1ccc([C@H](N)[C@H](O)Cc2ccccc2)cc1.Cl. The molecule has 22 heavy (non-hydrogen) atoms. The Hall–Kier alpha value is -1.40. The highest BCUT2D eigenvalue weighted by Crippen LogP contribution is 2.19. The van der Waals surface area contributed by atoms with E-state index in [-0.39, 0.29) is 17.3 Å². The Balaban J connectivity index is 0.00000242. The van der Waals surface area contributed by atoms with E-state index in [1.807, 2.05) is 30.3 Å². The van der Waals surface area contributed by atoms with Gasteiger partial charge in [0, 0.05) is 12.7 Å². The third kappa shape index (κ3) is 4.81. The molecule has 2 aromatic rings. The lowest BCUT2D eigenvalue weighted by Gasteiger charge is -2.19. The Morgan fingerprint density at radius 3 is 2.09 bits per heavy atom. The van der Waals surface area contributed by atoms with Crippen molar-refractivity contribution >= 4 is 22.2 Å². The number of aliphatic hydroxyl groups excluding tert-OH is 1. The quantitative estimate of drug-likeness (QED) is 0.872. The molecule has 3 N–H and O–H groups in total. The summed E-state index contributed by atoms with van der Waals surface area (Å²) in [4.78, 5) is 0.246. The van der Waals surface area contributed by atoms with Crippen molar-refractivity contribution in [3.63, 3.8) is 0 Å². The highest BCUT2D eigenvalue weighted by Gasteiger charge is 2.18. The first-order valence-corrected chi connectivity index (χ1v) is 8.54. The summed E-state index contributed by atoms with van der Waals surface area (Å²) in [6.07, 6.45) is 0.888. The van der Waals surface area contributed by atoms with Crippen LogP contribution in [-0.4, -0.2) is 25.9 Å². The third-order valence-corrected chi connectivity index (χ3v) is 4.52. The van der Waals surface area contributed by atoms with Gasteiger partial charge in [-0.2, -0.15) is 0 Å². The topological polar surface area (TPSA) is 80.4 Å². The van der Waals surface area contributed by atoms with Crippen LogP contribution in [-0.2, 0) is 16.3 Å². The lowest BCUT2D eigenvalue weighted by Crippen LogP contribution is -2.28. The average Bonchev–Trinajstić information content (AvgIpc) is 2.46. The average molecular weight is 342 g/mol. The van der Waals surface area contributed by atoms with Crippen molar-refractivity contribution in [2.24, 2.45) is 5.73 Å². The molecule has 0 spiro atoms. The van der Waals surface area contributed by atoms with E-state index in [0.29, 0.717) is 12.0 Å². The Morgan fingerprint density at radius 1 is 1.05 bits per heavy atom. The van der Waals surface area contributed by atoms with Gasteiger partial charge in [0.1, 0.15) is 0 Å². The molecule has 2 rings (SSSR count). The summed E-state index contributed by atoms with van der Waals surface area (Å²) in [5.74, 6) is 0. The molecule has 0 heterocycles. The van der Waals surface area contributed by atoms with Crippen LogP contribution in [0.1, 0.15) is 17.2 Å². The highest BCUT2D eigenvalue weighted by atomic mass is 35.5. The van der Waals surface area contributed by atoms with Crippen molar-refractivity contribution in [2.75, 3.05) is 6.26 Å². The van der Waals surface area contributed by atoms with E-state index in [1.54, 1.807) is 12.1 Å². The van der Waals surface area contributed by atoms with Gasteiger partial charge in [0.05, 0.1) is 17.0 Å². The first-order chi connectivity index (χ1) is 9.88. The number of rotatable bonds is 5. The summed E-state index contributed by atoms with van der Waals surface area (Å²) < 4.78 is 22.8. The molecule has 0 aromatic heterocycles. The molecule has 2 aromatic carbocycles. The number of hydrogen-bond acceptors (Lipinski definition) is 4. The maximum absolute atomic E-state index is 11.4. The van der Waals surface area contributed by atoms with Crippen LogP contribution < -0.4 is 5.73 Å². The monoisotopic (exact) mass is 341 g/mol. The maximum Gasteiger partial charge on any atom is 0.175 e. The van der Waals surface area contributed by atoms with Crippen LogP contribution in [0.5, 0.6) is 0 Å². The fourth-order valence-electron chi connectivity index (χ4n) is 2.14. The number of benzene rings is 2. The molecule has 0 fully saturated rings. The highest BCUT2D eigenvalue weighted by molar-refractivity contribution is 7.90. The van der Waals surface area contributed by atoms with Crippen LogP contribution in [0.15, 0.2) is 59.5 Å². The zero-order valence-electron chi connectivity index (χ0n) is 12.2. The van der Waals surface area contributed by atoms with Crippen LogP contribution in [0.25, 0.3) is 0 Å². The molecule has 4 nitrogen and oxygen atoms in total. The Bertz CT molecular complexity index is 687. The summed E-state index contributed by atoms with van der Waals surface area (Å²) in [7, 11) is -3.22. The maximum atomic E-state index is 11.4. The molecule has 0 saturated heterocycles. The standard InChI is InChI=1S/C16H19NO3S.ClH/c1-21(19,20)14-9-7-13(8-10-14)16(17)15(18)11-12-5-3-2-4-6-12;/h2-10,15-16,18H,11,17H2,1H3;1H/t15-,16+;/m1./s1. The van der Waals surface area contributed by atoms with Crippen molar-refractivity contribution < 1.29 is 13.5 Å². The van der Waals surface area contributed by atoms with Gasteiger partial charge < -0.3 is 10.8 Å². The largest absolute Gasteiger partial charge is 0.391 e. The molecule has 0 bridgehead atoms. The predicted molar refractivity (Wildman–Crippen MR) is 89.9 cm³/mol. The molecule has 0 aliphatic carbocycles. The van der Waals surface area contributed by atoms with Crippen LogP contribution in [0.2, 0.25) is 0 Å². The molecular formula is C16H20ClNO3S. The molecule has 0 aliphatic rings. The van der Waals surface area contributed by atoms with Crippen LogP contribution in [0.3, 0.4) is 0 Å². The molecule has 0 amide bonds. The van der Waals surface area contributed by atoms with Crippen molar-refractivity contribution in [3.8, 4) is 0 Å². The fraction of sp³-hybridized carbons (Fsp3) is 0.250. The summed E-state index contributed by atoms with van der Waals surface area (Å²) >= 11 is 0. The lowest BCUT2D eigenvalue weighted by molar-refractivity contribution is 0.145. The van der Waals surface area contributed by atoms with E-state index in [2.05, 4.69) is 0 Å². The van der Waals surface area contributed by atoms with Gasteiger partial charge in [-0.25, -0.2) is 8.42 Å². The Morgan fingerprint density at radius 2 is 1.59 bits per heavy atom. The molecule has 2 atom stereocenters. The van der Waals surface area contributed by atoms with E-state index in [4.69, 9.17) is 5.73 Å². The van der Waals surface area contributed by atoms with E-state index in [0.717, 1.165) is 11.8 Å². The summed E-state index contributed by atoms with van der Waals surface area (Å²) in [5.41, 5.74) is 7.77. The van der Waals surface area contributed by atoms with Gasteiger partial charge in [-0.1, -0.05) is 42.5 Å². The van der Waals surface area contributed by atoms with Gasteiger partial charge >= 0.3 is 0 Å².